The molecular formula is C39H23N3O. The molecular weight excluding hydrogens is 526 g/mol. The maximum absolute atomic E-state index is 6.21. The molecule has 43 heavy (non-hydrogen) atoms. The zero-order valence-electron chi connectivity index (χ0n) is 23.0. The van der Waals surface area contributed by atoms with E-state index in [0.717, 1.165) is 44.0 Å². The largest absolute Gasteiger partial charge is 0.456 e. The van der Waals surface area contributed by atoms with E-state index < -0.39 is 0 Å². The van der Waals surface area contributed by atoms with Gasteiger partial charge in [0.2, 0.25) is 0 Å². The fourth-order valence-electron chi connectivity index (χ4n) is 6.10. The molecule has 0 radical (unpaired) electrons. The van der Waals surface area contributed by atoms with Crippen LogP contribution in [-0.2, 0) is 0 Å². The quantitative estimate of drug-likeness (QED) is 0.206. The van der Waals surface area contributed by atoms with Crippen molar-refractivity contribution in [3.8, 4) is 34.2 Å². The highest BCUT2D eigenvalue weighted by Crippen LogP contribution is 2.34. The second kappa shape index (κ2) is 9.33. The van der Waals surface area contributed by atoms with Gasteiger partial charge in [-0.25, -0.2) is 15.0 Å². The van der Waals surface area contributed by atoms with E-state index in [1.807, 2.05) is 24.3 Å². The minimum Gasteiger partial charge on any atom is -0.456 e. The summed E-state index contributed by atoms with van der Waals surface area (Å²) in [5, 5.41) is 9.27. The monoisotopic (exact) mass is 549 g/mol. The minimum atomic E-state index is 0.605. The van der Waals surface area contributed by atoms with Gasteiger partial charge >= 0.3 is 0 Å². The van der Waals surface area contributed by atoms with E-state index in [1.165, 1.54) is 26.9 Å². The SMILES string of the molecule is c1ccc2cc(-c3nc(-c4ccc5c(c4)oc4ccccc45)nc(-c4ccc5ccc6ccccc6c5c4)n3)ccc2c1. The Balaban J connectivity index is 1.27. The van der Waals surface area contributed by atoms with Crippen molar-refractivity contribution in [1.82, 2.24) is 15.0 Å². The molecule has 0 fully saturated rings. The summed E-state index contributed by atoms with van der Waals surface area (Å²) in [5.41, 5.74) is 4.44. The number of nitrogens with zero attached hydrogens (tertiary/aromatic N) is 3. The first-order valence-corrected chi connectivity index (χ1v) is 14.4. The lowest BCUT2D eigenvalue weighted by molar-refractivity contribution is 0.669. The van der Waals surface area contributed by atoms with Crippen molar-refractivity contribution in [2.45, 2.75) is 0 Å². The highest BCUT2D eigenvalue weighted by molar-refractivity contribution is 6.09. The van der Waals surface area contributed by atoms with Crippen molar-refractivity contribution in [2.24, 2.45) is 0 Å². The van der Waals surface area contributed by atoms with Gasteiger partial charge < -0.3 is 4.42 Å². The Labute approximate surface area is 246 Å². The second-order valence-electron chi connectivity index (χ2n) is 10.9. The number of fused-ring (bicyclic) bond motifs is 7. The van der Waals surface area contributed by atoms with Crippen molar-refractivity contribution < 1.29 is 4.42 Å². The lowest BCUT2D eigenvalue weighted by Gasteiger charge is -2.10. The molecule has 200 valence electrons. The summed E-state index contributed by atoms with van der Waals surface area (Å²) < 4.78 is 6.21. The fourth-order valence-corrected chi connectivity index (χ4v) is 6.10. The maximum atomic E-state index is 6.21. The summed E-state index contributed by atoms with van der Waals surface area (Å²) in [4.78, 5) is 15.1. The average Bonchev–Trinajstić information content (AvgIpc) is 3.45. The van der Waals surface area contributed by atoms with Crippen LogP contribution in [0.3, 0.4) is 0 Å². The lowest BCUT2D eigenvalue weighted by atomic mass is 10.00. The summed E-state index contributed by atoms with van der Waals surface area (Å²) in [7, 11) is 0. The average molecular weight is 550 g/mol. The fraction of sp³-hybridized carbons (Fsp3) is 0. The van der Waals surface area contributed by atoms with E-state index in [2.05, 4.69) is 115 Å². The number of hydrogen-bond donors (Lipinski definition) is 0. The van der Waals surface area contributed by atoms with Gasteiger partial charge in [0.1, 0.15) is 11.2 Å². The van der Waals surface area contributed by atoms with E-state index in [1.54, 1.807) is 0 Å². The summed E-state index contributed by atoms with van der Waals surface area (Å²) in [5.74, 6) is 1.87. The Morgan fingerprint density at radius 1 is 0.326 bits per heavy atom. The zero-order valence-corrected chi connectivity index (χ0v) is 23.0. The molecule has 2 aromatic heterocycles. The van der Waals surface area contributed by atoms with E-state index >= 15 is 0 Å². The molecule has 0 aliphatic heterocycles. The number of para-hydroxylation sites is 1. The summed E-state index contributed by atoms with van der Waals surface area (Å²) in [6.45, 7) is 0. The molecule has 0 aliphatic carbocycles. The summed E-state index contributed by atoms with van der Waals surface area (Å²) >= 11 is 0. The third kappa shape index (κ3) is 3.96. The molecule has 0 bridgehead atoms. The third-order valence-corrected chi connectivity index (χ3v) is 8.28. The van der Waals surface area contributed by atoms with Crippen LogP contribution in [0.15, 0.2) is 144 Å². The summed E-state index contributed by atoms with van der Waals surface area (Å²) in [6.07, 6.45) is 0. The van der Waals surface area contributed by atoms with Crippen LogP contribution in [0.5, 0.6) is 0 Å². The van der Waals surface area contributed by atoms with Crippen molar-refractivity contribution in [1.29, 1.82) is 0 Å². The molecule has 0 saturated heterocycles. The molecule has 0 unspecified atom stereocenters. The molecule has 0 N–H and O–H groups in total. The van der Waals surface area contributed by atoms with Gasteiger partial charge in [0.15, 0.2) is 17.5 Å². The van der Waals surface area contributed by atoms with Crippen LogP contribution in [0.2, 0.25) is 0 Å². The Morgan fingerprint density at radius 2 is 0.837 bits per heavy atom. The predicted octanol–water partition coefficient (Wildman–Crippen LogP) is 10.2. The maximum Gasteiger partial charge on any atom is 0.164 e. The highest BCUT2D eigenvalue weighted by Gasteiger charge is 2.15. The van der Waals surface area contributed by atoms with Gasteiger partial charge in [0.25, 0.3) is 0 Å². The number of aromatic nitrogens is 3. The van der Waals surface area contributed by atoms with Crippen LogP contribution >= 0.6 is 0 Å². The lowest BCUT2D eigenvalue weighted by Crippen LogP contribution is -2.00. The van der Waals surface area contributed by atoms with Crippen molar-refractivity contribution in [3.63, 3.8) is 0 Å². The van der Waals surface area contributed by atoms with Crippen LogP contribution in [0.1, 0.15) is 0 Å². The first kappa shape index (κ1) is 23.8. The molecule has 4 nitrogen and oxygen atoms in total. The van der Waals surface area contributed by atoms with Crippen LogP contribution in [0, 0.1) is 0 Å². The molecule has 0 amide bonds. The van der Waals surface area contributed by atoms with Gasteiger partial charge in [-0.15, -0.1) is 0 Å². The Bertz CT molecular complexity index is 2530. The number of furan rings is 1. The molecule has 9 aromatic rings. The van der Waals surface area contributed by atoms with Crippen molar-refractivity contribution in [2.75, 3.05) is 0 Å². The zero-order chi connectivity index (χ0) is 28.3. The van der Waals surface area contributed by atoms with E-state index in [4.69, 9.17) is 19.4 Å². The summed E-state index contributed by atoms with van der Waals surface area (Å²) in [6, 6.07) is 48.3. The Morgan fingerprint density at radius 3 is 1.63 bits per heavy atom. The second-order valence-corrected chi connectivity index (χ2v) is 10.9. The number of rotatable bonds is 3. The molecule has 2 heterocycles. The normalized spacial score (nSPS) is 11.7. The predicted molar refractivity (Wildman–Crippen MR) is 176 cm³/mol. The van der Waals surface area contributed by atoms with E-state index in [-0.39, 0.29) is 0 Å². The molecule has 7 aromatic carbocycles. The number of benzene rings is 7. The van der Waals surface area contributed by atoms with E-state index in [9.17, 15) is 0 Å². The molecule has 0 atom stereocenters. The third-order valence-electron chi connectivity index (χ3n) is 8.28. The molecule has 9 rings (SSSR count). The van der Waals surface area contributed by atoms with Crippen molar-refractivity contribution in [3.05, 3.63) is 140 Å². The highest BCUT2D eigenvalue weighted by atomic mass is 16.3. The molecule has 0 saturated carbocycles. The first-order chi connectivity index (χ1) is 21.3. The van der Waals surface area contributed by atoms with Gasteiger partial charge in [-0.1, -0.05) is 109 Å². The smallest absolute Gasteiger partial charge is 0.164 e. The Kier molecular flexibility index (Phi) is 5.16. The van der Waals surface area contributed by atoms with Gasteiger partial charge in [0, 0.05) is 27.5 Å². The van der Waals surface area contributed by atoms with Crippen LogP contribution < -0.4 is 0 Å². The Hall–Kier alpha value is -5.87. The minimum absolute atomic E-state index is 0.605. The standard InChI is InChI=1S/C39H23N3O/c1-2-9-27-21-28(17-13-24(27)7-1)37-40-38(29-18-16-26-15-14-25-8-3-4-10-31(25)34(26)22-29)42-39(41-37)30-19-20-33-32-11-5-6-12-35(32)43-36(33)23-30/h1-23H. The van der Waals surface area contributed by atoms with Crippen molar-refractivity contribution >= 4 is 54.3 Å². The number of hydrogen-bond acceptors (Lipinski definition) is 4. The van der Waals surface area contributed by atoms with E-state index in [0.29, 0.717) is 17.5 Å². The van der Waals surface area contributed by atoms with Crippen LogP contribution in [-0.4, -0.2) is 15.0 Å². The first-order valence-electron chi connectivity index (χ1n) is 14.4. The van der Waals surface area contributed by atoms with Crippen LogP contribution in [0.25, 0.3) is 88.4 Å². The van der Waals surface area contributed by atoms with Gasteiger partial charge in [-0.3, -0.25) is 0 Å². The molecule has 0 aliphatic rings. The van der Waals surface area contributed by atoms with Gasteiger partial charge in [0.05, 0.1) is 0 Å². The molecule has 4 heteroatoms. The topological polar surface area (TPSA) is 51.8 Å². The van der Waals surface area contributed by atoms with Crippen LogP contribution in [0.4, 0.5) is 0 Å². The van der Waals surface area contributed by atoms with Gasteiger partial charge in [-0.2, -0.15) is 0 Å². The molecule has 0 spiro atoms. The van der Waals surface area contributed by atoms with Gasteiger partial charge in [-0.05, 0) is 62.6 Å².